The molecule has 0 spiro atoms. The molecule has 0 saturated heterocycles. The third-order valence-corrected chi connectivity index (χ3v) is 3.87. The Hall–Kier alpha value is -0.690. The smallest absolute Gasteiger partial charge is 0.151 e. The number of hydrogen-bond acceptors (Lipinski definition) is 5. The summed E-state index contributed by atoms with van der Waals surface area (Å²) >= 11 is 5.16. The summed E-state index contributed by atoms with van der Waals surface area (Å²) in [4.78, 5) is 2.18. The summed E-state index contributed by atoms with van der Waals surface area (Å²) in [6.07, 6.45) is 0. The molecule has 0 atom stereocenters. The molecule has 0 amide bonds. The van der Waals surface area contributed by atoms with E-state index in [2.05, 4.69) is 44.5 Å². The first-order valence-corrected chi connectivity index (χ1v) is 6.90. The average molecular weight is 316 g/mol. The van der Waals surface area contributed by atoms with Crippen LogP contribution in [0, 0.1) is 0 Å². The Balaban J connectivity index is 1.90. The lowest BCUT2D eigenvalue weighted by Gasteiger charge is -2.13. The summed E-state index contributed by atoms with van der Waals surface area (Å²) in [5, 5.41) is 6.01. The van der Waals surface area contributed by atoms with Crippen LogP contribution < -0.4 is 5.73 Å². The molecule has 17 heavy (non-hydrogen) atoms. The topological polar surface area (TPSA) is 55.3 Å². The first-order chi connectivity index (χ1) is 8.17. The largest absolute Gasteiger partial charge is 0.360 e. The highest BCUT2D eigenvalue weighted by Gasteiger charge is 2.08. The minimum Gasteiger partial charge on any atom is -0.360 e. The van der Waals surface area contributed by atoms with Gasteiger partial charge in [-0.1, -0.05) is 5.16 Å². The van der Waals surface area contributed by atoms with Gasteiger partial charge in [0.15, 0.2) is 5.76 Å². The number of halogens is 1. The lowest BCUT2D eigenvalue weighted by Crippen LogP contribution is -2.16. The van der Waals surface area contributed by atoms with Gasteiger partial charge in [-0.05, 0) is 40.0 Å². The van der Waals surface area contributed by atoms with Crippen molar-refractivity contribution in [3.05, 3.63) is 38.3 Å². The lowest BCUT2D eigenvalue weighted by molar-refractivity contribution is 0.266. The van der Waals surface area contributed by atoms with E-state index in [1.165, 1.54) is 5.56 Å². The standard InChI is InChI=1S/C11H14BrN3OS/c1-15(5-8-2-11(12)17-7-8)6-10-3-9(4-13)14-16-10/h2-3,7H,4-6,13H2,1H3. The van der Waals surface area contributed by atoms with E-state index < -0.39 is 0 Å². The van der Waals surface area contributed by atoms with Gasteiger partial charge in [-0.3, -0.25) is 4.90 Å². The SMILES string of the molecule is CN(Cc1csc(Br)c1)Cc1cc(CN)no1. The van der Waals surface area contributed by atoms with Crippen LogP contribution in [0.5, 0.6) is 0 Å². The second-order valence-corrected chi connectivity index (χ2v) is 6.21. The van der Waals surface area contributed by atoms with Crippen LogP contribution in [0.1, 0.15) is 17.0 Å². The van der Waals surface area contributed by atoms with Crippen LogP contribution in [-0.2, 0) is 19.6 Å². The molecule has 0 aliphatic carbocycles. The van der Waals surface area contributed by atoms with Crippen LogP contribution in [0.3, 0.4) is 0 Å². The van der Waals surface area contributed by atoms with Crippen molar-refractivity contribution in [3.63, 3.8) is 0 Å². The van der Waals surface area contributed by atoms with E-state index in [1.54, 1.807) is 11.3 Å². The summed E-state index contributed by atoms with van der Waals surface area (Å²) in [7, 11) is 2.05. The number of nitrogens with zero attached hydrogens (tertiary/aromatic N) is 2. The summed E-state index contributed by atoms with van der Waals surface area (Å²) in [6, 6.07) is 4.03. The predicted octanol–water partition coefficient (Wildman–Crippen LogP) is 2.59. The quantitative estimate of drug-likeness (QED) is 0.921. The average Bonchev–Trinajstić information content (AvgIpc) is 2.88. The normalized spacial score (nSPS) is 11.3. The van der Waals surface area contributed by atoms with Crippen LogP contribution >= 0.6 is 27.3 Å². The molecule has 0 fully saturated rings. The van der Waals surface area contributed by atoms with Crippen molar-refractivity contribution in [2.75, 3.05) is 7.05 Å². The van der Waals surface area contributed by atoms with E-state index in [9.17, 15) is 0 Å². The zero-order valence-corrected chi connectivity index (χ0v) is 11.9. The Labute approximate surface area is 113 Å². The van der Waals surface area contributed by atoms with Gasteiger partial charge in [0.05, 0.1) is 16.0 Å². The molecule has 0 radical (unpaired) electrons. The van der Waals surface area contributed by atoms with Gasteiger partial charge < -0.3 is 10.3 Å². The van der Waals surface area contributed by atoms with Crippen molar-refractivity contribution >= 4 is 27.3 Å². The molecular formula is C11H14BrN3OS. The maximum Gasteiger partial charge on any atom is 0.151 e. The molecule has 0 unspecified atom stereocenters. The van der Waals surface area contributed by atoms with Gasteiger partial charge in [0.25, 0.3) is 0 Å². The minimum atomic E-state index is 0.421. The maximum atomic E-state index is 5.48. The van der Waals surface area contributed by atoms with Crippen molar-refractivity contribution in [1.29, 1.82) is 0 Å². The molecule has 2 aromatic rings. The molecule has 2 heterocycles. The van der Waals surface area contributed by atoms with Gasteiger partial charge in [-0.2, -0.15) is 0 Å². The van der Waals surface area contributed by atoms with Crippen molar-refractivity contribution < 1.29 is 4.52 Å². The van der Waals surface area contributed by atoms with Crippen LogP contribution in [0.4, 0.5) is 0 Å². The molecule has 2 rings (SSSR count). The Morgan fingerprint density at radius 2 is 2.29 bits per heavy atom. The minimum absolute atomic E-state index is 0.421. The number of thiophene rings is 1. The van der Waals surface area contributed by atoms with Gasteiger partial charge in [0.1, 0.15) is 0 Å². The molecule has 92 valence electrons. The third kappa shape index (κ3) is 3.64. The van der Waals surface area contributed by atoms with E-state index in [1.807, 2.05) is 6.07 Å². The van der Waals surface area contributed by atoms with Gasteiger partial charge in [-0.15, -0.1) is 11.3 Å². The van der Waals surface area contributed by atoms with E-state index in [0.717, 1.165) is 28.3 Å². The van der Waals surface area contributed by atoms with E-state index in [4.69, 9.17) is 10.3 Å². The molecule has 2 N–H and O–H groups in total. The van der Waals surface area contributed by atoms with Crippen molar-refractivity contribution in [2.24, 2.45) is 5.73 Å². The highest BCUT2D eigenvalue weighted by molar-refractivity contribution is 9.11. The molecule has 2 aromatic heterocycles. The van der Waals surface area contributed by atoms with Crippen LogP contribution in [0.15, 0.2) is 25.8 Å². The van der Waals surface area contributed by atoms with Gasteiger partial charge in [0.2, 0.25) is 0 Å². The van der Waals surface area contributed by atoms with Crippen molar-refractivity contribution in [2.45, 2.75) is 19.6 Å². The fourth-order valence-electron chi connectivity index (χ4n) is 1.59. The molecule has 0 aliphatic rings. The zero-order chi connectivity index (χ0) is 12.3. The van der Waals surface area contributed by atoms with E-state index >= 15 is 0 Å². The molecule has 0 aliphatic heterocycles. The highest BCUT2D eigenvalue weighted by atomic mass is 79.9. The molecule has 0 saturated carbocycles. The van der Waals surface area contributed by atoms with Gasteiger partial charge >= 0.3 is 0 Å². The van der Waals surface area contributed by atoms with Crippen LogP contribution in [0.25, 0.3) is 0 Å². The summed E-state index contributed by atoms with van der Waals surface area (Å²) in [6.45, 7) is 2.05. The molecule has 0 bridgehead atoms. The Morgan fingerprint density at radius 1 is 1.47 bits per heavy atom. The lowest BCUT2D eigenvalue weighted by atomic mass is 10.3. The number of nitrogens with two attached hydrogens (primary N) is 1. The molecule has 6 heteroatoms. The van der Waals surface area contributed by atoms with Crippen LogP contribution in [-0.4, -0.2) is 17.1 Å². The maximum absolute atomic E-state index is 5.48. The fourth-order valence-corrected chi connectivity index (χ4v) is 2.79. The zero-order valence-electron chi connectivity index (χ0n) is 9.52. The first-order valence-electron chi connectivity index (χ1n) is 5.23. The van der Waals surface area contributed by atoms with Crippen molar-refractivity contribution in [3.8, 4) is 0 Å². The molecule has 0 aromatic carbocycles. The molecular weight excluding hydrogens is 302 g/mol. The van der Waals surface area contributed by atoms with E-state index in [-0.39, 0.29) is 0 Å². The second-order valence-electron chi connectivity index (χ2n) is 3.92. The van der Waals surface area contributed by atoms with Crippen LogP contribution in [0.2, 0.25) is 0 Å². The number of aromatic nitrogens is 1. The predicted molar refractivity (Wildman–Crippen MR) is 71.6 cm³/mol. The van der Waals surface area contributed by atoms with Gasteiger partial charge in [-0.25, -0.2) is 0 Å². The second kappa shape index (κ2) is 5.77. The summed E-state index contributed by atoms with van der Waals surface area (Å²) in [5.74, 6) is 0.849. The Bertz CT molecular complexity index is 483. The Morgan fingerprint density at radius 3 is 2.88 bits per heavy atom. The monoisotopic (exact) mass is 315 g/mol. The molecule has 4 nitrogen and oxygen atoms in total. The fraction of sp³-hybridized carbons (Fsp3) is 0.364. The Kier molecular flexibility index (Phi) is 4.33. The summed E-state index contributed by atoms with van der Waals surface area (Å²) in [5.41, 5.74) is 7.57. The number of hydrogen-bond donors (Lipinski definition) is 1. The van der Waals surface area contributed by atoms with Gasteiger partial charge in [0, 0.05) is 19.2 Å². The van der Waals surface area contributed by atoms with Crippen molar-refractivity contribution in [1.82, 2.24) is 10.1 Å². The van der Waals surface area contributed by atoms with E-state index in [0.29, 0.717) is 6.54 Å². The highest BCUT2D eigenvalue weighted by Crippen LogP contribution is 2.21. The first kappa shape index (κ1) is 12.8. The third-order valence-electron chi connectivity index (χ3n) is 2.32. The summed E-state index contributed by atoms with van der Waals surface area (Å²) < 4.78 is 6.35. The number of rotatable bonds is 5.